The van der Waals surface area contributed by atoms with Crippen LogP contribution in [0.2, 0.25) is 0 Å². The summed E-state index contributed by atoms with van der Waals surface area (Å²) < 4.78 is 0. The first-order valence-electron chi connectivity index (χ1n) is 6.13. The molecular weight excluding hydrogens is 272 g/mol. The van der Waals surface area contributed by atoms with Crippen molar-refractivity contribution in [2.24, 2.45) is 0 Å². The monoisotopic (exact) mass is 286 g/mol. The number of aryl methyl sites for hydroxylation is 1. The summed E-state index contributed by atoms with van der Waals surface area (Å²) in [7, 11) is 0. The molecule has 0 aliphatic rings. The number of carbonyl (C=O) groups is 1. The van der Waals surface area contributed by atoms with E-state index in [1.165, 1.54) is 11.3 Å². The lowest BCUT2D eigenvalue weighted by Crippen LogP contribution is -2.00. The van der Waals surface area contributed by atoms with Crippen LogP contribution < -0.4 is 5.32 Å². The number of benzene rings is 1. The van der Waals surface area contributed by atoms with Crippen molar-refractivity contribution in [3.63, 3.8) is 0 Å². The molecule has 0 amide bonds. The van der Waals surface area contributed by atoms with Crippen molar-refractivity contribution < 1.29 is 9.90 Å². The largest absolute Gasteiger partial charge is 0.481 e. The summed E-state index contributed by atoms with van der Waals surface area (Å²) in [6, 6.07) is 11.6. The van der Waals surface area contributed by atoms with Gasteiger partial charge in [0.05, 0.1) is 17.7 Å². The summed E-state index contributed by atoms with van der Waals surface area (Å²) in [6.45, 7) is 2.49. The molecule has 0 spiro atoms. The number of anilines is 1. The topological polar surface area (TPSA) is 73.1 Å². The van der Waals surface area contributed by atoms with Gasteiger partial charge in [0.2, 0.25) is 0 Å². The second kappa shape index (κ2) is 6.22. The highest BCUT2D eigenvalue weighted by molar-refractivity contribution is 7.12. The standard InChI is InChI=1S/C15H14N2O2S/c1-10-3-2-4-14(13(10)8-16)17-9-12-6-5-11(20-12)7-15(18)19/h2-6,17H,7,9H2,1H3,(H,18,19). The molecule has 0 saturated heterocycles. The molecule has 0 saturated carbocycles. The fourth-order valence-electron chi connectivity index (χ4n) is 1.91. The van der Waals surface area contributed by atoms with E-state index in [1.54, 1.807) is 0 Å². The van der Waals surface area contributed by atoms with E-state index in [9.17, 15) is 4.79 Å². The van der Waals surface area contributed by atoms with Gasteiger partial charge in [0.1, 0.15) is 6.07 Å². The van der Waals surface area contributed by atoms with E-state index in [0.29, 0.717) is 12.1 Å². The number of nitriles is 1. The van der Waals surface area contributed by atoms with Crippen LogP contribution in [0.5, 0.6) is 0 Å². The Labute approximate surface area is 121 Å². The smallest absolute Gasteiger partial charge is 0.308 e. The molecular formula is C15H14N2O2S. The number of aliphatic carboxylic acids is 1. The van der Waals surface area contributed by atoms with Crippen LogP contribution in [0.3, 0.4) is 0 Å². The van der Waals surface area contributed by atoms with Gasteiger partial charge in [0, 0.05) is 16.3 Å². The molecule has 102 valence electrons. The number of thiophene rings is 1. The number of hydrogen-bond acceptors (Lipinski definition) is 4. The molecule has 20 heavy (non-hydrogen) atoms. The molecule has 2 aromatic rings. The van der Waals surface area contributed by atoms with Gasteiger partial charge in [0.15, 0.2) is 0 Å². The van der Waals surface area contributed by atoms with Crippen molar-refractivity contribution in [2.75, 3.05) is 5.32 Å². The Bertz CT molecular complexity index is 671. The molecule has 0 radical (unpaired) electrons. The van der Waals surface area contributed by atoms with Gasteiger partial charge >= 0.3 is 5.97 Å². The summed E-state index contributed by atoms with van der Waals surface area (Å²) in [6.07, 6.45) is 0.0541. The van der Waals surface area contributed by atoms with Gasteiger partial charge in [-0.05, 0) is 30.7 Å². The Morgan fingerprint density at radius 2 is 2.10 bits per heavy atom. The molecule has 0 aliphatic heterocycles. The molecule has 1 aromatic carbocycles. The summed E-state index contributed by atoms with van der Waals surface area (Å²) in [5.74, 6) is -0.822. The van der Waals surface area contributed by atoms with E-state index in [0.717, 1.165) is 21.0 Å². The van der Waals surface area contributed by atoms with Crippen molar-refractivity contribution in [3.05, 3.63) is 51.2 Å². The third kappa shape index (κ3) is 3.37. The number of hydrogen-bond donors (Lipinski definition) is 2. The Morgan fingerprint density at radius 1 is 1.35 bits per heavy atom. The molecule has 5 heteroatoms. The lowest BCUT2D eigenvalue weighted by Gasteiger charge is -2.08. The second-order valence-corrected chi connectivity index (χ2v) is 5.65. The maximum absolute atomic E-state index is 10.6. The Balaban J connectivity index is 2.06. The van der Waals surface area contributed by atoms with Crippen molar-refractivity contribution in [1.29, 1.82) is 5.26 Å². The third-order valence-electron chi connectivity index (χ3n) is 2.88. The molecule has 0 atom stereocenters. The van der Waals surface area contributed by atoms with E-state index >= 15 is 0 Å². The average Bonchev–Trinajstić information content (AvgIpc) is 2.83. The van der Waals surface area contributed by atoms with Gasteiger partial charge in [-0.25, -0.2) is 0 Å². The number of rotatable bonds is 5. The highest BCUT2D eigenvalue weighted by Crippen LogP contribution is 2.22. The Morgan fingerprint density at radius 3 is 2.80 bits per heavy atom. The number of carboxylic acid groups (broad SMARTS) is 1. The molecule has 1 aromatic heterocycles. The third-order valence-corrected chi connectivity index (χ3v) is 3.97. The molecule has 0 aliphatic carbocycles. The molecule has 2 N–H and O–H groups in total. The first kappa shape index (κ1) is 14.1. The van der Waals surface area contributed by atoms with Crippen LogP contribution in [0, 0.1) is 18.3 Å². The number of nitrogens with one attached hydrogen (secondary N) is 1. The minimum atomic E-state index is -0.822. The van der Waals surface area contributed by atoms with E-state index in [4.69, 9.17) is 10.4 Å². The maximum atomic E-state index is 10.6. The summed E-state index contributed by atoms with van der Waals surface area (Å²) in [4.78, 5) is 12.5. The zero-order valence-electron chi connectivity index (χ0n) is 11.0. The van der Waals surface area contributed by atoms with Crippen LogP contribution in [-0.4, -0.2) is 11.1 Å². The summed E-state index contributed by atoms with van der Waals surface area (Å²) >= 11 is 1.47. The molecule has 0 bridgehead atoms. The first-order chi connectivity index (χ1) is 9.60. The van der Waals surface area contributed by atoms with E-state index in [2.05, 4.69) is 11.4 Å². The van der Waals surface area contributed by atoms with E-state index in [-0.39, 0.29) is 6.42 Å². The first-order valence-corrected chi connectivity index (χ1v) is 6.94. The van der Waals surface area contributed by atoms with Crippen molar-refractivity contribution in [1.82, 2.24) is 0 Å². The van der Waals surface area contributed by atoms with Gasteiger partial charge in [-0.1, -0.05) is 12.1 Å². The van der Waals surface area contributed by atoms with Gasteiger partial charge in [-0.3, -0.25) is 4.79 Å². The van der Waals surface area contributed by atoms with Gasteiger partial charge in [0.25, 0.3) is 0 Å². The predicted molar refractivity (Wildman–Crippen MR) is 78.9 cm³/mol. The van der Waals surface area contributed by atoms with Crippen LogP contribution in [0.4, 0.5) is 5.69 Å². The van der Waals surface area contributed by atoms with Crippen LogP contribution in [0.25, 0.3) is 0 Å². The number of nitrogens with zero attached hydrogens (tertiary/aromatic N) is 1. The predicted octanol–water partition coefficient (Wildman–Crippen LogP) is 3.17. The quantitative estimate of drug-likeness (QED) is 0.885. The molecule has 4 nitrogen and oxygen atoms in total. The fraction of sp³-hybridized carbons (Fsp3) is 0.200. The molecule has 1 heterocycles. The Kier molecular flexibility index (Phi) is 4.38. The highest BCUT2D eigenvalue weighted by atomic mass is 32.1. The Hall–Kier alpha value is -2.32. The van der Waals surface area contributed by atoms with Crippen LogP contribution in [-0.2, 0) is 17.8 Å². The summed E-state index contributed by atoms with van der Waals surface area (Å²) in [5.41, 5.74) is 2.39. The van der Waals surface area contributed by atoms with Crippen molar-refractivity contribution >= 4 is 23.0 Å². The van der Waals surface area contributed by atoms with Gasteiger partial charge in [-0.2, -0.15) is 5.26 Å². The normalized spacial score (nSPS) is 10.0. The second-order valence-electron chi connectivity index (χ2n) is 4.40. The van der Waals surface area contributed by atoms with E-state index < -0.39 is 5.97 Å². The zero-order valence-corrected chi connectivity index (χ0v) is 11.8. The van der Waals surface area contributed by atoms with Crippen molar-refractivity contribution in [2.45, 2.75) is 19.9 Å². The van der Waals surface area contributed by atoms with Crippen LogP contribution in [0.15, 0.2) is 30.3 Å². The van der Waals surface area contributed by atoms with Gasteiger partial charge in [-0.15, -0.1) is 11.3 Å². The van der Waals surface area contributed by atoms with Crippen LogP contribution >= 0.6 is 11.3 Å². The zero-order chi connectivity index (χ0) is 14.5. The van der Waals surface area contributed by atoms with Crippen LogP contribution in [0.1, 0.15) is 20.9 Å². The fourth-order valence-corrected chi connectivity index (χ4v) is 2.86. The maximum Gasteiger partial charge on any atom is 0.308 e. The SMILES string of the molecule is Cc1cccc(NCc2ccc(CC(=O)O)s2)c1C#N. The van der Waals surface area contributed by atoms with E-state index in [1.807, 2.05) is 37.3 Å². The number of carboxylic acids is 1. The van der Waals surface area contributed by atoms with Gasteiger partial charge < -0.3 is 10.4 Å². The lowest BCUT2D eigenvalue weighted by molar-refractivity contribution is -0.136. The lowest BCUT2D eigenvalue weighted by atomic mass is 10.1. The molecule has 0 fully saturated rings. The summed E-state index contributed by atoms with van der Waals surface area (Å²) in [5, 5.41) is 21.1. The minimum absolute atomic E-state index is 0.0541. The van der Waals surface area contributed by atoms with Crippen molar-refractivity contribution in [3.8, 4) is 6.07 Å². The molecule has 0 unspecified atom stereocenters. The highest BCUT2D eigenvalue weighted by Gasteiger charge is 2.07. The minimum Gasteiger partial charge on any atom is -0.481 e. The average molecular weight is 286 g/mol. The molecule has 2 rings (SSSR count).